The van der Waals surface area contributed by atoms with E-state index < -0.39 is 5.82 Å². The van der Waals surface area contributed by atoms with Crippen LogP contribution in [-0.4, -0.2) is 5.78 Å². The van der Waals surface area contributed by atoms with Gasteiger partial charge in [-0.3, -0.25) is 4.79 Å². The number of carbonyl (C=O) groups excluding carboxylic acids is 1. The van der Waals surface area contributed by atoms with Gasteiger partial charge in [0.05, 0.1) is 11.8 Å². The van der Waals surface area contributed by atoms with Crippen molar-refractivity contribution in [2.45, 2.75) is 6.92 Å². The van der Waals surface area contributed by atoms with Crippen molar-refractivity contribution < 1.29 is 18.0 Å². The second-order valence-corrected chi connectivity index (χ2v) is 3.99. The summed E-state index contributed by atoms with van der Waals surface area (Å²) in [6.07, 6.45) is 1.44. The van der Waals surface area contributed by atoms with E-state index in [0.29, 0.717) is 16.7 Å². The molecule has 0 radical (unpaired) electrons. The van der Waals surface area contributed by atoms with Crippen LogP contribution in [0.25, 0.3) is 11.0 Å². The molecule has 0 atom stereocenters. The highest BCUT2D eigenvalue weighted by atomic mass is 19.1. The van der Waals surface area contributed by atoms with Crippen molar-refractivity contribution in [2.75, 3.05) is 0 Å². The van der Waals surface area contributed by atoms with Crippen LogP contribution in [-0.2, 0) is 0 Å². The first-order valence-electron chi connectivity index (χ1n) is 5.43. The molecular formula is C14H9FO3. The van der Waals surface area contributed by atoms with E-state index in [0.717, 1.165) is 0 Å². The highest BCUT2D eigenvalue weighted by molar-refractivity contribution is 6.09. The number of rotatable bonds is 2. The molecule has 1 aromatic carbocycles. The first kappa shape index (κ1) is 10.8. The first-order chi connectivity index (χ1) is 8.66. The van der Waals surface area contributed by atoms with Crippen LogP contribution >= 0.6 is 0 Å². The molecule has 18 heavy (non-hydrogen) atoms. The molecule has 0 aliphatic rings. The van der Waals surface area contributed by atoms with E-state index >= 15 is 0 Å². The summed E-state index contributed by atoms with van der Waals surface area (Å²) in [4.78, 5) is 12.1. The molecule has 2 heterocycles. The molecule has 4 heteroatoms. The SMILES string of the molecule is Cc1occc1C(=O)c1cc2cccc(F)c2o1. The molecule has 0 unspecified atom stereocenters. The van der Waals surface area contributed by atoms with Crippen molar-refractivity contribution in [1.29, 1.82) is 0 Å². The highest BCUT2D eigenvalue weighted by Gasteiger charge is 2.19. The average Bonchev–Trinajstić information content (AvgIpc) is 2.95. The third kappa shape index (κ3) is 1.54. The fraction of sp³-hybridized carbons (Fsp3) is 0.0714. The lowest BCUT2D eigenvalue weighted by Crippen LogP contribution is -1.99. The van der Waals surface area contributed by atoms with E-state index in [2.05, 4.69) is 0 Å². The molecule has 3 aromatic rings. The molecule has 2 aromatic heterocycles. The van der Waals surface area contributed by atoms with Gasteiger partial charge in [-0.2, -0.15) is 0 Å². The molecule has 0 aliphatic carbocycles. The van der Waals surface area contributed by atoms with E-state index in [9.17, 15) is 9.18 Å². The molecule has 90 valence electrons. The van der Waals surface area contributed by atoms with E-state index in [4.69, 9.17) is 8.83 Å². The molecule has 3 nitrogen and oxygen atoms in total. The van der Waals surface area contributed by atoms with Gasteiger partial charge in [0.2, 0.25) is 5.78 Å². The summed E-state index contributed by atoms with van der Waals surface area (Å²) in [6, 6.07) is 7.67. The van der Waals surface area contributed by atoms with Crippen molar-refractivity contribution >= 4 is 16.8 Å². The minimum Gasteiger partial charge on any atom is -0.469 e. The van der Waals surface area contributed by atoms with Crippen molar-refractivity contribution in [2.24, 2.45) is 0 Å². The van der Waals surface area contributed by atoms with Crippen LogP contribution < -0.4 is 0 Å². The number of fused-ring (bicyclic) bond motifs is 1. The molecular weight excluding hydrogens is 235 g/mol. The molecule has 0 N–H and O–H groups in total. The van der Waals surface area contributed by atoms with Gasteiger partial charge in [0.1, 0.15) is 5.76 Å². The number of aryl methyl sites for hydroxylation is 1. The topological polar surface area (TPSA) is 43.4 Å². The van der Waals surface area contributed by atoms with Gasteiger partial charge in [-0.15, -0.1) is 0 Å². The fourth-order valence-electron chi connectivity index (χ4n) is 1.89. The van der Waals surface area contributed by atoms with E-state index in [1.54, 1.807) is 25.1 Å². The number of benzene rings is 1. The molecule has 0 saturated heterocycles. The standard InChI is InChI=1S/C14H9FO3/c1-8-10(5-6-17-8)13(16)12-7-9-3-2-4-11(15)14(9)18-12/h2-7H,1H3. The number of halogens is 1. The Morgan fingerprint density at radius 2 is 2.11 bits per heavy atom. The minimum absolute atomic E-state index is 0.0991. The third-order valence-corrected chi connectivity index (χ3v) is 2.82. The quantitative estimate of drug-likeness (QED) is 0.645. The Morgan fingerprint density at radius 1 is 1.28 bits per heavy atom. The number of hydrogen-bond acceptors (Lipinski definition) is 3. The van der Waals surface area contributed by atoms with Gasteiger partial charge in [0.15, 0.2) is 17.2 Å². The summed E-state index contributed by atoms with van der Waals surface area (Å²) >= 11 is 0. The minimum atomic E-state index is -0.476. The second kappa shape index (κ2) is 3.84. The zero-order valence-corrected chi connectivity index (χ0v) is 9.57. The molecule has 0 spiro atoms. The Hall–Kier alpha value is -2.36. The Balaban J connectivity index is 2.13. The van der Waals surface area contributed by atoms with E-state index in [1.165, 1.54) is 18.4 Å². The maximum Gasteiger partial charge on any atom is 0.231 e. The van der Waals surface area contributed by atoms with E-state index in [1.807, 2.05) is 0 Å². The molecule has 3 rings (SSSR count). The van der Waals surface area contributed by atoms with Gasteiger partial charge in [0.25, 0.3) is 0 Å². The highest BCUT2D eigenvalue weighted by Crippen LogP contribution is 2.24. The lowest BCUT2D eigenvalue weighted by Gasteiger charge is -1.93. The molecule has 0 fully saturated rings. The van der Waals surface area contributed by atoms with Gasteiger partial charge < -0.3 is 8.83 Å². The number of para-hydroxylation sites is 1. The maximum atomic E-state index is 13.5. The lowest BCUT2D eigenvalue weighted by atomic mass is 10.1. The van der Waals surface area contributed by atoms with E-state index in [-0.39, 0.29) is 17.1 Å². The predicted octanol–water partition coefficient (Wildman–Crippen LogP) is 3.70. The van der Waals surface area contributed by atoms with Crippen LogP contribution in [0.5, 0.6) is 0 Å². The largest absolute Gasteiger partial charge is 0.469 e. The summed E-state index contributed by atoms with van der Waals surface area (Å²) in [5.74, 6) is -0.159. The van der Waals surface area contributed by atoms with Crippen LogP contribution in [0.3, 0.4) is 0 Å². The number of furan rings is 2. The van der Waals surface area contributed by atoms with Crippen LogP contribution in [0, 0.1) is 12.7 Å². The van der Waals surface area contributed by atoms with Crippen molar-refractivity contribution in [3.63, 3.8) is 0 Å². The molecule has 0 aliphatic heterocycles. The average molecular weight is 244 g/mol. The summed E-state index contributed by atoms with van der Waals surface area (Å²) in [5, 5.41) is 0.569. The third-order valence-electron chi connectivity index (χ3n) is 2.82. The Morgan fingerprint density at radius 3 is 2.78 bits per heavy atom. The van der Waals surface area contributed by atoms with Gasteiger partial charge in [0, 0.05) is 5.39 Å². The van der Waals surface area contributed by atoms with Gasteiger partial charge in [-0.05, 0) is 25.1 Å². The molecule has 0 bridgehead atoms. The van der Waals surface area contributed by atoms with Crippen LogP contribution in [0.1, 0.15) is 21.9 Å². The van der Waals surface area contributed by atoms with Gasteiger partial charge >= 0.3 is 0 Å². The number of carbonyl (C=O) groups is 1. The zero-order valence-electron chi connectivity index (χ0n) is 9.57. The van der Waals surface area contributed by atoms with Crippen LogP contribution in [0.15, 0.2) is 45.4 Å². The van der Waals surface area contributed by atoms with Crippen molar-refractivity contribution in [3.8, 4) is 0 Å². The Kier molecular flexibility index (Phi) is 2.30. The summed E-state index contributed by atoms with van der Waals surface area (Å²) < 4.78 is 23.8. The predicted molar refractivity (Wildman–Crippen MR) is 63.0 cm³/mol. The van der Waals surface area contributed by atoms with Crippen LogP contribution in [0.4, 0.5) is 4.39 Å². The molecule has 0 saturated carbocycles. The van der Waals surface area contributed by atoms with Crippen LogP contribution in [0.2, 0.25) is 0 Å². The second-order valence-electron chi connectivity index (χ2n) is 3.99. The van der Waals surface area contributed by atoms with Gasteiger partial charge in [-0.1, -0.05) is 12.1 Å². The lowest BCUT2D eigenvalue weighted by molar-refractivity contribution is 0.101. The van der Waals surface area contributed by atoms with Crippen molar-refractivity contribution in [1.82, 2.24) is 0 Å². The summed E-state index contributed by atoms with van der Waals surface area (Å²) in [6.45, 7) is 1.69. The van der Waals surface area contributed by atoms with Crippen molar-refractivity contribution in [3.05, 3.63) is 59.5 Å². The number of hydrogen-bond donors (Lipinski definition) is 0. The Labute approximate surface area is 102 Å². The molecule has 0 amide bonds. The zero-order chi connectivity index (χ0) is 12.7. The Bertz CT molecular complexity index is 736. The monoisotopic (exact) mass is 244 g/mol. The fourth-order valence-corrected chi connectivity index (χ4v) is 1.89. The smallest absolute Gasteiger partial charge is 0.231 e. The summed E-state index contributed by atoms with van der Waals surface area (Å²) in [5.41, 5.74) is 0.525. The van der Waals surface area contributed by atoms with Gasteiger partial charge in [-0.25, -0.2) is 4.39 Å². The maximum absolute atomic E-state index is 13.5. The number of ketones is 1. The first-order valence-corrected chi connectivity index (χ1v) is 5.43. The summed E-state index contributed by atoms with van der Waals surface area (Å²) in [7, 11) is 0. The normalized spacial score (nSPS) is 11.0.